The van der Waals surface area contributed by atoms with E-state index in [-0.39, 0.29) is 11.9 Å². The van der Waals surface area contributed by atoms with Gasteiger partial charge in [0, 0.05) is 24.8 Å². The highest BCUT2D eigenvalue weighted by molar-refractivity contribution is 7.80. The molecule has 3 N–H and O–H groups in total. The number of ether oxygens (including phenoxy) is 1. The molecular weight excluding hydrogens is 276 g/mol. The molecule has 20 heavy (non-hydrogen) atoms. The molecule has 0 saturated carbocycles. The Morgan fingerprint density at radius 2 is 2.50 bits per heavy atom. The summed E-state index contributed by atoms with van der Waals surface area (Å²) < 4.78 is 5.41. The number of nitrogens with two attached hydrogens (primary N) is 1. The van der Waals surface area contributed by atoms with Gasteiger partial charge in [0.15, 0.2) is 0 Å². The molecule has 0 spiro atoms. The van der Waals surface area contributed by atoms with E-state index in [0.29, 0.717) is 31.3 Å². The Morgan fingerprint density at radius 3 is 3.20 bits per heavy atom. The van der Waals surface area contributed by atoms with E-state index in [0.717, 1.165) is 11.3 Å². The number of thiocarbonyl (C=S) groups is 1. The molecular formula is C13H18N4O2S. The summed E-state index contributed by atoms with van der Waals surface area (Å²) in [5.74, 6) is -0.0649. The molecule has 2 heterocycles. The summed E-state index contributed by atoms with van der Waals surface area (Å²) in [7, 11) is 0. The molecule has 0 bridgehead atoms. The monoisotopic (exact) mass is 294 g/mol. The van der Waals surface area contributed by atoms with E-state index in [4.69, 9.17) is 22.7 Å². The molecule has 1 fully saturated rings. The zero-order valence-corrected chi connectivity index (χ0v) is 12.2. The maximum Gasteiger partial charge on any atom is 0.245 e. The third kappa shape index (κ3) is 3.05. The molecule has 108 valence electrons. The number of rotatable bonds is 4. The zero-order valence-electron chi connectivity index (χ0n) is 11.3. The van der Waals surface area contributed by atoms with E-state index >= 15 is 0 Å². The fourth-order valence-corrected chi connectivity index (χ4v) is 2.40. The highest BCUT2D eigenvalue weighted by Crippen LogP contribution is 2.23. The van der Waals surface area contributed by atoms with Crippen LogP contribution in [0.1, 0.15) is 12.5 Å². The first-order valence-electron chi connectivity index (χ1n) is 6.51. The number of nitrogens with one attached hydrogen (secondary N) is 1. The van der Waals surface area contributed by atoms with Crippen molar-refractivity contribution in [3.8, 4) is 0 Å². The van der Waals surface area contributed by atoms with Crippen molar-refractivity contribution in [1.29, 1.82) is 0 Å². The van der Waals surface area contributed by atoms with Gasteiger partial charge in [-0.1, -0.05) is 12.2 Å². The molecule has 2 rings (SSSR count). The Hall–Kier alpha value is -1.73. The number of aromatic nitrogens is 1. The van der Waals surface area contributed by atoms with Gasteiger partial charge in [0.05, 0.1) is 25.1 Å². The highest BCUT2D eigenvalue weighted by atomic mass is 32.1. The van der Waals surface area contributed by atoms with E-state index in [2.05, 4.69) is 10.3 Å². The van der Waals surface area contributed by atoms with Crippen molar-refractivity contribution >= 4 is 28.8 Å². The Morgan fingerprint density at radius 1 is 1.70 bits per heavy atom. The lowest BCUT2D eigenvalue weighted by molar-refractivity contribution is -0.124. The van der Waals surface area contributed by atoms with Crippen molar-refractivity contribution in [2.45, 2.75) is 13.0 Å². The van der Waals surface area contributed by atoms with Crippen molar-refractivity contribution in [1.82, 2.24) is 10.3 Å². The van der Waals surface area contributed by atoms with Crippen LogP contribution in [0.2, 0.25) is 0 Å². The molecule has 1 aliphatic rings. The molecule has 6 nitrogen and oxygen atoms in total. The van der Waals surface area contributed by atoms with Gasteiger partial charge in [-0.2, -0.15) is 0 Å². The van der Waals surface area contributed by atoms with Gasteiger partial charge in [-0.15, -0.1) is 0 Å². The molecule has 1 saturated heterocycles. The zero-order chi connectivity index (χ0) is 14.5. The topological polar surface area (TPSA) is 80.5 Å². The Bertz CT molecular complexity index is 509. The SMILES string of the molecule is CCNC(=O)C1COCCN1c1cnccc1C(N)=S. The number of pyridine rings is 1. The largest absolute Gasteiger partial charge is 0.389 e. The molecule has 1 amide bonds. The van der Waals surface area contributed by atoms with Crippen LogP contribution in [0.15, 0.2) is 18.5 Å². The highest BCUT2D eigenvalue weighted by Gasteiger charge is 2.30. The lowest BCUT2D eigenvalue weighted by Gasteiger charge is -2.36. The summed E-state index contributed by atoms with van der Waals surface area (Å²) in [4.78, 5) is 18.5. The Kier molecular flexibility index (Phi) is 4.86. The van der Waals surface area contributed by atoms with Crippen LogP contribution in [0, 0.1) is 0 Å². The van der Waals surface area contributed by atoms with E-state index in [1.54, 1.807) is 18.5 Å². The lowest BCUT2D eigenvalue weighted by Crippen LogP contribution is -2.54. The van der Waals surface area contributed by atoms with E-state index in [1.807, 2.05) is 11.8 Å². The van der Waals surface area contributed by atoms with Crippen LogP contribution in [0.4, 0.5) is 5.69 Å². The minimum atomic E-state index is -0.388. The van der Waals surface area contributed by atoms with Crippen LogP contribution in [0.5, 0.6) is 0 Å². The normalized spacial score (nSPS) is 18.6. The predicted molar refractivity (Wildman–Crippen MR) is 80.8 cm³/mol. The fourth-order valence-electron chi connectivity index (χ4n) is 2.22. The van der Waals surface area contributed by atoms with Crippen molar-refractivity contribution < 1.29 is 9.53 Å². The Balaban J connectivity index is 2.33. The number of nitrogens with zero attached hydrogens (tertiary/aromatic N) is 2. The second-order valence-electron chi connectivity index (χ2n) is 4.44. The summed E-state index contributed by atoms with van der Waals surface area (Å²) in [6.07, 6.45) is 3.32. The van der Waals surface area contributed by atoms with Crippen LogP contribution in [0.25, 0.3) is 0 Å². The summed E-state index contributed by atoms with van der Waals surface area (Å²) in [6, 6.07) is 1.38. The Labute approximate surface area is 123 Å². The first kappa shape index (κ1) is 14.7. The minimum Gasteiger partial charge on any atom is -0.389 e. The second kappa shape index (κ2) is 6.62. The third-order valence-corrected chi connectivity index (χ3v) is 3.38. The van der Waals surface area contributed by atoms with Gasteiger partial charge in [-0.05, 0) is 13.0 Å². The van der Waals surface area contributed by atoms with Gasteiger partial charge in [-0.3, -0.25) is 9.78 Å². The third-order valence-electron chi connectivity index (χ3n) is 3.16. The molecule has 1 aromatic heterocycles. The van der Waals surface area contributed by atoms with Crippen LogP contribution >= 0.6 is 12.2 Å². The van der Waals surface area contributed by atoms with Crippen LogP contribution in [-0.2, 0) is 9.53 Å². The second-order valence-corrected chi connectivity index (χ2v) is 4.88. The molecule has 0 radical (unpaired) electrons. The number of hydrogen-bond donors (Lipinski definition) is 2. The molecule has 1 atom stereocenters. The van der Waals surface area contributed by atoms with Crippen LogP contribution in [0.3, 0.4) is 0 Å². The van der Waals surface area contributed by atoms with E-state index in [1.165, 1.54) is 0 Å². The maximum absolute atomic E-state index is 12.1. The van der Waals surface area contributed by atoms with Gasteiger partial charge < -0.3 is 20.7 Å². The standard InChI is InChI=1S/C13H18N4O2S/c1-2-16-13(18)11-8-19-6-5-17(11)10-7-15-4-3-9(10)12(14)20/h3-4,7,11H,2,5-6,8H2,1H3,(H2,14,20)(H,16,18). The number of anilines is 1. The quantitative estimate of drug-likeness (QED) is 0.764. The van der Waals surface area contributed by atoms with Gasteiger partial charge in [0.2, 0.25) is 5.91 Å². The van der Waals surface area contributed by atoms with Crippen molar-refractivity contribution in [2.24, 2.45) is 5.73 Å². The van der Waals surface area contributed by atoms with Crippen molar-refractivity contribution in [3.63, 3.8) is 0 Å². The fraction of sp³-hybridized carbons (Fsp3) is 0.462. The summed E-state index contributed by atoms with van der Waals surface area (Å²) >= 11 is 5.07. The van der Waals surface area contributed by atoms with Crippen LogP contribution < -0.4 is 16.0 Å². The first-order valence-corrected chi connectivity index (χ1v) is 6.92. The van der Waals surface area contributed by atoms with E-state index < -0.39 is 0 Å². The number of hydrogen-bond acceptors (Lipinski definition) is 5. The lowest BCUT2D eigenvalue weighted by atomic mass is 10.1. The molecule has 0 aromatic carbocycles. The minimum absolute atomic E-state index is 0.0649. The number of morpholine rings is 1. The van der Waals surface area contributed by atoms with Gasteiger partial charge in [-0.25, -0.2) is 0 Å². The number of carbonyl (C=O) groups is 1. The van der Waals surface area contributed by atoms with E-state index in [9.17, 15) is 4.79 Å². The number of amides is 1. The summed E-state index contributed by atoms with van der Waals surface area (Å²) in [5, 5.41) is 2.82. The molecule has 7 heteroatoms. The molecule has 1 unspecified atom stereocenters. The smallest absolute Gasteiger partial charge is 0.245 e. The maximum atomic E-state index is 12.1. The first-order chi connectivity index (χ1) is 9.65. The van der Waals surface area contributed by atoms with Gasteiger partial charge in [0.25, 0.3) is 0 Å². The number of likely N-dealkylation sites (N-methyl/N-ethyl adjacent to an activating group) is 1. The molecule has 0 aliphatic carbocycles. The van der Waals surface area contributed by atoms with Crippen LogP contribution in [-0.4, -0.2) is 48.2 Å². The van der Waals surface area contributed by atoms with Crippen molar-refractivity contribution in [3.05, 3.63) is 24.0 Å². The average molecular weight is 294 g/mol. The average Bonchev–Trinajstić information content (AvgIpc) is 2.47. The molecule has 1 aromatic rings. The van der Waals surface area contributed by atoms with Gasteiger partial charge >= 0.3 is 0 Å². The van der Waals surface area contributed by atoms with Gasteiger partial charge in [0.1, 0.15) is 11.0 Å². The predicted octanol–water partition coefficient (Wildman–Crippen LogP) is 0.0571. The molecule has 1 aliphatic heterocycles. The summed E-state index contributed by atoms with van der Waals surface area (Å²) in [6.45, 7) is 3.97. The number of carbonyl (C=O) groups excluding carboxylic acids is 1. The van der Waals surface area contributed by atoms with Crippen molar-refractivity contribution in [2.75, 3.05) is 31.2 Å². The summed E-state index contributed by atoms with van der Waals surface area (Å²) in [5.41, 5.74) is 7.25.